The van der Waals surface area contributed by atoms with Crippen molar-refractivity contribution in [3.05, 3.63) is 75.2 Å². The first-order valence-corrected chi connectivity index (χ1v) is 7.56. The molecule has 0 fully saturated rings. The fraction of sp³-hybridized carbons (Fsp3) is 0.125. The van der Waals surface area contributed by atoms with E-state index >= 15 is 0 Å². The predicted octanol–water partition coefficient (Wildman–Crippen LogP) is 3.75. The number of nitrogens with zero attached hydrogens (tertiary/aromatic N) is 4. The van der Waals surface area contributed by atoms with Crippen LogP contribution in [0.15, 0.2) is 48.9 Å². The first kappa shape index (κ1) is 15.9. The zero-order chi connectivity index (χ0) is 17.1. The molecule has 0 amide bonds. The second-order valence-electron chi connectivity index (χ2n) is 5.20. The molecule has 1 N–H and O–H groups in total. The van der Waals surface area contributed by atoms with E-state index in [0.29, 0.717) is 23.1 Å². The minimum absolute atomic E-state index is 0.0204. The largest absolute Gasteiger partial charge is 0.380 e. The maximum atomic E-state index is 10.9. The van der Waals surface area contributed by atoms with Gasteiger partial charge in [0, 0.05) is 37.3 Å². The molecule has 0 saturated heterocycles. The minimum atomic E-state index is -0.456. The molecule has 8 heteroatoms. The molecular weight excluding hydrogens is 330 g/mol. The van der Waals surface area contributed by atoms with Crippen molar-refractivity contribution in [2.24, 2.45) is 0 Å². The number of rotatable bonds is 5. The highest BCUT2D eigenvalue weighted by Gasteiger charge is 2.13. The Labute approximate surface area is 143 Å². The summed E-state index contributed by atoms with van der Waals surface area (Å²) < 4.78 is 1.67. The molecule has 0 atom stereocenters. The summed E-state index contributed by atoms with van der Waals surface area (Å²) in [6.45, 7) is 2.29. The number of anilines is 1. The molecule has 0 bridgehead atoms. The van der Waals surface area contributed by atoms with Gasteiger partial charge in [-0.3, -0.25) is 10.1 Å². The first-order valence-electron chi connectivity index (χ1n) is 7.18. The number of aryl methyl sites for hydroxylation is 1. The van der Waals surface area contributed by atoms with E-state index in [2.05, 4.69) is 15.4 Å². The Hall–Kier alpha value is -2.93. The SMILES string of the molecule is Cc1cc([N+](=O)[O-])cc(Cl)c1NCc1ccnc(-n2cccn2)c1. The highest BCUT2D eigenvalue weighted by atomic mass is 35.5. The van der Waals surface area contributed by atoms with Crippen molar-refractivity contribution in [1.29, 1.82) is 0 Å². The number of hydrogen-bond donors (Lipinski definition) is 1. The number of non-ortho nitro benzene ring substituents is 1. The number of nitro groups is 1. The van der Waals surface area contributed by atoms with Crippen molar-refractivity contribution in [3.8, 4) is 5.82 Å². The van der Waals surface area contributed by atoms with Crippen LogP contribution in [0.3, 0.4) is 0 Å². The molecule has 2 aromatic heterocycles. The average Bonchev–Trinajstić information content (AvgIpc) is 3.08. The van der Waals surface area contributed by atoms with E-state index in [1.54, 1.807) is 24.0 Å². The van der Waals surface area contributed by atoms with Crippen LogP contribution in [-0.4, -0.2) is 19.7 Å². The molecule has 122 valence electrons. The minimum Gasteiger partial charge on any atom is -0.380 e. The standard InChI is InChI=1S/C16H14ClN5O2/c1-11-7-13(22(23)24)9-14(17)16(11)19-10-12-3-5-18-15(8-12)21-6-2-4-20-21/h2-9,19H,10H2,1H3. The van der Waals surface area contributed by atoms with Crippen LogP contribution < -0.4 is 5.32 Å². The number of aromatic nitrogens is 3. The Morgan fingerprint density at radius 1 is 1.33 bits per heavy atom. The van der Waals surface area contributed by atoms with Gasteiger partial charge in [-0.25, -0.2) is 9.67 Å². The number of benzene rings is 1. The molecule has 1 aromatic carbocycles. The van der Waals surface area contributed by atoms with Gasteiger partial charge in [0.15, 0.2) is 5.82 Å². The van der Waals surface area contributed by atoms with E-state index in [0.717, 1.165) is 11.1 Å². The normalized spacial score (nSPS) is 10.6. The fourth-order valence-corrected chi connectivity index (χ4v) is 2.67. The third-order valence-corrected chi connectivity index (χ3v) is 3.80. The van der Waals surface area contributed by atoms with Gasteiger partial charge < -0.3 is 5.32 Å². The van der Waals surface area contributed by atoms with Crippen LogP contribution in [0, 0.1) is 17.0 Å². The van der Waals surface area contributed by atoms with Crippen LogP contribution in [0.5, 0.6) is 0 Å². The summed E-state index contributed by atoms with van der Waals surface area (Å²) in [5, 5.41) is 18.6. The van der Waals surface area contributed by atoms with E-state index in [4.69, 9.17) is 11.6 Å². The Bertz CT molecular complexity index is 857. The van der Waals surface area contributed by atoms with Crippen LogP contribution in [-0.2, 0) is 6.54 Å². The Balaban J connectivity index is 1.79. The maximum Gasteiger partial charge on any atom is 0.271 e. The Morgan fingerprint density at radius 2 is 2.17 bits per heavy atom. The van der Waals surface area contributed by atoms with Crippen LogP contribution >= 0.6 is 11.6 Å². The summed E-state index contributed by atoms with van der Waals surface area (Å²) in [7, 11) is 0. The second-order valence-corrected chi connectivity index (χ2v) is 5.61. The Kier molecular flexibility index (Phi) is 4.43. The van der Waals surface area contributed by atoms with Gasteiger partial charge in [-0.2, -0.15) is 5.10 Å². The summed E-state index contributed by atoms with van der Waals surface area (Å²) in [4.78, 5) is 14.7. The molecule has 0 unspecified atom stereocenters. The summed E-state index contributed by atoms with van der Waals surface area (Å²) >= 11 is 6.16. The van der Waals surface area contributed by atoms with Gasteiger partial charge in [0.25, 0.3) is 5.69 Å². The van der Waals surface area contributed by atoms with E-state index in [1.807, 2.05) is 24.4 Å². The van der Waals surface area contributed by atoms with Crippen molar-refractivity contribution < 1.29 is 4.92 Å². The number of nitrogens with one attached hydrogen (secondary N) is 1. The van der Waals surface area contributed by atoms with Crippen molar-refractivity contribution in [3.63, 3.8) is 0 Å². The topological polar surface area (TPSA) is 85.9 Å². The molecular formula is C16H14ClN5O2. The Morgan fingerprint density at radius 3 is 2.83 bits per heavy atom. The fourth-order valence-electron chi connectivity index (χ4n) is 2.35. The molecule has 0 aliphatic carbocycles. The van der Waals surface area contributed by atoms with Gasteiger partial charge in [0.05, 0.1) is 15.6 Å². The number of hydrogen-bond acceptors (Lipinski definition) is 5. The summed E-state index contributed by atoms with van der Waals surface area (Å²) in [6, 6.07) is 8.46. The van der Waals surface area contributed by atoms with Crippen molar-refractivity contribution in [2.75, 3.05) is 5.32 Å². The molecule has 0 aliphatic heterocycles. The molecule has 3 rings (SSSR count). The molecule has 3 aromatic rings. The zero-order valence-corrected chi connectivity index (χ0v) is 13.6. The summed E-state index contributed by atoms with van der Waals surface area (Å²) in [6.07, 6.45) is 5.21. The molecule has 24 heavy (non-hydrogen) atoms. The van der Waals surface area contributed by atoms with Crippen molar-refractivity contribution >= 4 is 23.0 Å². The van der Waals surface area contributed by atoms with E-state index in [9.17, 15) is 10.1 Å². The third kappa shape index (κ3) is 3.36. The number of halogens is 1. The lowest BCUT2D eigenvalue weighted by atomic mass is 10.1. The number of nitro benzene ring substituents is 1. The monoisotopic (exact) mass is 343 g/mol. The van der Waals surface area contributed by atoms with E-state index in [-0.39, 0.29) is 5.69 Å². The molecule has 0 spiro atoms. The molecule has 0 saturated carbocycles. The summed E-state index contributed by atoms with van der Waals surface area (Å²) in [5.74, 6) is 0.714. The van der Waals surface area contributed by atoms with Gasteiger partial charge in [0.1, 0.15) is 0 Å². The molecule has 0 radical (unpaired) electrons. The smallest absolute Gasteiger partial charge is 0.271 e. The van der Waals surface area contributed by atoms with Gasteiger partial charge in [0.2, 0.25) is 0 Å². The average molecular weight is 344 g/mol. The van der Waals surface area contributed by atoms with Gasteiger partial charge in [-0.1, -0.05) is 11.6 Å². The number of pyridine rings is 1. The van der Waals surface area contributed by atoms with Crippen molar-refractivity contribution in [2.45, 2.75) is 13.5 Å². The molecule has 7 nitrogen and oxygen atoms in total. The van der Waals surface area contributed by atoms with Gasteiger partial charge in [-0.15, -0.1) is 0 Å². The second kappa shape index (κ2) is 6.67. The van der Waals surface area contributed by atoms with Crippen LogP contribution in [0.1, 0.15) is 11.1 Å². The quantitative estimate of drug-likeness (QED) is 0.563. The lowest BCUT2D eigenvalue weighted by molar-refractivity contribution is -0.384. The third-order valence-electron chi connectivity index (χ3n) is 3.50. The predicted molar refractivity (Wildman–Crippen MR) is 91.5 cm³/mol. The highest BCUT2D eigenvalue weighted by molar-refractivity contribution is 6.33. The maximum absolute atomic E-state index is 10.9. The molecule has 2 heterocycles. The van der Waals surface area contributed by atoms with Gasteiger partial charge >= 0.3 is 0 Å². The first-order chi connectivity index (χ1) is 11.5. The summed E-state index contributed by atoms with van der Waals surface area (Å²) in [5.41, 5.74) is 2.37. The van der Waals surface area contributed by atoms with Gasteiger partial charge in [-0.05, 0) is 36.2 Å². The molecule has 0 aliphatic rings. The lowest BCUT2D eigenvalue weighted by Crippen LogP contribution is -2.05. The van der Waals surface area contributed by atoms with Crippen LogP contribution in [0.25, 0.3) is 5.82 Å². The zero-order valence-electron chi connectivity index (χ0n) is 12.8. The van der Waals surface area contributed by atoms with Crippen LogP contribution in [0.2, 0.25) is 5.02 Å². The van der Waals surface area contributed by atoms with E-state index in [1.165, 1.54) is 12.1 Å². The lowest BCUT2D eigenvalue weighted by Gasteiger charge is -2.12. The van der Waals surface area contributed by atoms with E-state index < -0.39 is 4.92 Å². The van der Waals surface area contributed by atoms with Crippen molar-refractivity contribution in [1.82, 2.24) is 14.8 Å². The highest BCUT2D eigenvalue weighted by Crippen LogP contribution is 2.31. The van der Waals surface area contributed by atoms with Crippen LogP contribution in [0.4, 0.5) is 11.4 Å².